The molecule has 0 aliphatic carbocycles. The first-order valence-corrected chi connectivity index (χ1v) is 8.99. The fourth-order valence-electron chi connectivity index (χ4n) is 3.53. The van der Waals surface area contributed by atoms with Crippen LogP contribution in [0.25, 0.3) is 10.9 Å². The van der Waals surface area contributed by atoms with Gasteiger partial charge in [-0.3, -0.25) is 9.59 Å². The molecule has 0 saturated carbocycles. The number of hydrogen-bond acceptors (Lipinski definition) is 3. The summed E-state index contributed by atoms with van der Waals surface area (Å²) in [6, 6.07) is 16.3. The summed E-state index contributed by atoms with van der Waals surface area (Å²) >= 11 is 0. The summed E-state index contributed by atoms with van der Waals surface area (Å²) in [6.45, 7) is 0.578. The number of fused-ring (bicyclic) bond motifs is 1. The second-order valence-corrected chi connectivity index (χ2v) is 6.64. The molecule has 27 heavy (non-hydrogen) atoms. The number of H-pyrrole nitrogens is 1. The predicted molar refractivity (Wildman–Crippen MR) is 104 cm³/mol. The number of rotatable bonds is 4. The SMILES string of the molecule is COc1ccc(NC(=O)[C@H]2CCCN2C(=O)c2cc3ccccc3[nH]2)cc1. The van der Waals surface area contributed by atoms with Crippen molar-refractivity contribution in [2.75, 3.05) is 19.0 Å². The van der Waals surface area contributed by atoms with Crippen molar-refractivity contribution in [1.82, 2.24) is 9.88 Å². The van der Waals surface area contributed by atoms with Crippen molar-refractivity contribution >= 4 is 28.4 Å². The van der Waals surface area contributed by atoms with Gasteiger partial charge in [-0.1, -0.05) is 18.2 Å². The molecule has 1 aromatic heterocycles. The van der Waals surface area contributed by atoms with Gasteiger partial charge in [-0.2, -0.15) is 0 Å². The molecule has 0 bridgehead atoms. The Bertz CT molecular complexity index is 945. The van der Waals surface area contributed by atoms with Gasteiger partial charge in [0.15, 0.2) is 0 Å². The minimum atomic E-state index is -0.467. The fourth-order valence-corrected chi connectivity index (χ4v) is 3.53. The van der Waals surface area contributed by atoms with Crippen LogP contribution < -0.4 is 10.1 Å². The molecule has 1 aliphatic heterocycles. The number of hydrogen-bond donors (Lipinski definition) is 2. The molecule has 0 radical (unpaired) electrons. The molecule has 6 heteroatoms. The van der Waals surface area contributed by atoms with E-state index < -0.39 is 6.04 Å². The average molecular weight is 363 g/mol. The van der Waals surface area contributed by atoms with Crippen molar-refractivity contribution < 1.29 is 14.3 Å². The van der Waals surface area contributed by atoms with Crippen LogP contribution in [0.5, 0.6) is 5.75 Å². The molecule has 1 fully saturated rings. The lowest BCUT2D eigenvalue weighted by atomic mass is 10.2. The third-order valence-corrected chi connectivity index (χ3v) is 4.93. The van der Waals surface area contributed by atoms with Crippen LogP contribution in [0.2, 0.25) is 0 Å². The summed E-state index contributed by atoms with van der Waals surface area (Å²) in [7, 11) is 1.60. The molecule has 1 saturated heterocycles. The van der Waals surface area contributed by atoms with Gasteiger partial charge < -0.3 is 19.9 Å². The van der Waals surface area contributed by atoms with Crippen molar-refractivity contribution in [3.8, 4) is 5.75 Å². The molecule has 6 nitrogen and oxygen atoms in total. The summed E-state index contributed by atoms with van der Waals surface area (Å²) in [5.74, 6) is 0.421. The Kier molecular flexibility index (Phi) is 4.54. The van der Waals surface area contributed by atoms with E-state index in [1.807, 2.05) is 30.3 Å². The maximum absolute atomic E-state index is 13.0. The highest BCUT2D eigenvalue weighted by atomic mass is 16.5. The first-order chi connectivity index (χ1) is 13.2. The van der Waals surface area contributed by atoms with Crippen LogP contribution in [0, 0.1) is 0 Å². The van der Waals surface area contributed by atoms with Crippen molar-refractivity contribution in [1.29, 1.82) is 0 Å². The quantitative estimate of drug-likeness (QED) is 0.746. The zero-order valence-electron chi connectivity index (χ0n) is 15.1. The van der Waals surface area contributed by atoms with Crippen molar-refractivity contribution in [2.24, 2.45) is 0 Å². The van der Waals surface area contributed by atoms with Crippen LogP contribution >= 0.6 is 0 Å². The number of methoxy groups -OCH3 is 1. The van der Waals surface area contributed by atoms with E-state index in [1.165, 1.54) is 0 Å². The molecule has 3 aromatic rings. The van der Waals surface area contributed by atoms with Gasteiger partial charge in [0.05, 0.1) is 7.11 Å². The Morgan fingerprint density at radius 2 is 1.93 bits per heavy atom. The van der Waals surface area contributed by atoms with Gasteiger partial charge in [0.1, 0.15) is 17.5 Å². The molecule has 2 aromatic carbocycles. The smallest absolute Gasteiger partial charge is 0.270 e. The highest BCUT2D eigenvalue weighted by Crippen LogP contribution is 2.24. The normalized spacial score (nSPS) is 16.5. The standard InChI is InChI=1S/C21H21N3O3/c1-27-16-10-8-15(9-11-16)22-20(25)19-7-4-12-24(19)21(26)18-13-14-5-2-3-6-17(14)23-18/h2-3,5-6,8-11,13,19,23H,4,7,12H2,1H3,(H,22,25)/t19-/m1/s1. The zero-order valence-corrected chi connectivity index (χ0v) is 15.1. The van der Waals surface area contributed by atoms with E-state index in [1.54, 1.807) is 36.3 Å². The Hall–Kier alpha value is -3.28. The van der Waals surface area contributed by atoms with Gasteiger partial charge in [-0.05, 0) is 49.2 Å². The number of ether oxygens (including phenoxy) is 1. The lowest BCUT2D eigenvalue weighted by Gasteiger charge is -2.23. The van der Waals surface area contributed by atoms with Crippen molar-refractivity contribution in [3.63, 3.8) is 0 Å². The van der Waals surface area contributed by atoms with Crippen molar-refractivity contribution in [3.05, 3.63) is 60.3 Å². The minimum absolute atomic E-state index is 0.140. The van der Waals surface area contributed by atoms with Crippen LogP contribution in [0.4, 0.5) is 5.69 Å². The number of para-hydroxylation sites is 1. The number of aromatic nitrogens is 1. The topological polar surface area (TPSA) is 74.4 Å². The van der Waals surface area contributed by atoms with Gasteiger partial charge in [-0.25, -0.2) is 0 Å². The molecule has 0 spiro atoms. The van der Waals surface area contributed by atoms with E-state index in [2.05, 4.69) is 10.3 Å². The number of benzene rings is 2. The summed E-state index contributed by atoms with van der Waals surface area (Å²) < 4.78 is 5.13. The van der Waals surface area contributed by atoms with E-state index in [9.17, 15) is 9.59 Å². The van der Waals surface area contributed by atoms with Crippen LogP contribution in [-0.2, 0) is 4.79 Å². The number of carbonyl (C=O) groups is 2. The van der Waals surface area contributed by atoms with Crippen molar-refractivity contribution in [2.45, 2.75) is 18.9 Å². The Morgan fingerprint density at radius 3 is 2.67 bits per heavy atom. The first-order valence-electron chi connectivity index (χ1n) is 8.99. The minimum Gasteiger partial charge on any atom is -0.497 e. The fraction of sp³-hybridized carbons (Fsp3) is 0.238. The van der Waals surface area contributed by atoms with Gasteiger partial charge in [0, 0.05) is 23.1 Å². The maximum atomic E-state index is 13.0. The van der Waals surface area contributed by atoms with E-state index in [0.717, 1.165) is 23.1 Å². The van der Waals surface area contributed by atoms with E-state index in [-0.39, 0.29) is 11.8 Å². The summed E-state index contributed by atoms with van der Waals surface area (Å²) in [6.07, 6.45) is 1.47. The van der Waals surface area contributed by atoms with Gasteiger partial charge >= 0.3 is 0 Å². The largest absolute Gasteiger partial charge is 0.497 e. The lowest BCUT2D eigenvalue weighted by molar-refractivity contribution is -0.119. The maximum Gasteiger partial charge on any atom is 0.270 e. The number of likely N-dealkylation sites (tertiary alicyclic amines) is 1. The molecule has 138 valence electrons. The second-order valence-electron chi connectivity index (χ2n) is 6.64. The number of amides is 2. The Morgan fingerprint density at radius 1 is 1.15 bits per heavy atom. The predicted octanol–water partition coefficient (Wildman–Crippen LogP) is 3.42. The summed E-state index contributed by atoms with van der Waals surface area (Å²) in [4.78, 5) is 30.5. The third-order valence-electron chi connectivity index (χ3n) is 4.93. The van der Waals surface area contributed by atoms with E-state index in [0.29, 0.717) is 24.3 Å². The van der Waals surface area contributed by atoms with Gasteiger partial charge in [0.2, 0.25) is 5.91 Å². The number of carbonyl (C=O) groups excluding carboxylic acids is 2. The van der Waals surface area contributed by atoms with E-state index >= 15 is 0 Å². The number of nitrogens with zero attached hydrogens (tertiary/aromatic N) is 1. The van der Waals surface area contributed by atoms with Gasteiger partial charge in [0.25, 0.3) is 5.91 Å². The highest BCUT2D eigenvalue weighted by molar-refractivity contribution is 6.03. The van der Waals surface area contributed by atoms with Crippen LogP contribution in [0.3, 0.4) is 0 Å². The van der Waals surface area contributed by atoms with Crippen LogP contribution in [-0.4, -0.2) is 41.4 Å². The molecular formula is C21H21N3O3. The van der Waals surface area contributed by atoms with Crippen LogP contribution in [0.1, 0.15) is 23.3 Å². The molecule has 4 rings (SSSR count). The monoisotopic (exact) mass is 363 g/mol. The number of anilines is 1. The lowest BCUT2D eigenvalue weighted by Crippen LogP contribution is -2.43. The molecule has 2 N–H and O–H groups in total. The number of aromatic amines is 1. The molecule has 1 aliphatic rings. The number of nitrogens with one attached hydrogen (secondary N) is 2. The molecule has 2 amide bonds. The summed E-state index contributed by atoms with van der Waals surface area (Å²) in [5, 5.41) is 3.88. The highest BCUT2D eigenvalue weighted by Gasteiger charge is 2.35. The van der Waals surface area contributed by atoms with Gasteiger partial charge in [-0.15, -0.1) is 0 Å². The first kappa shape index (κ1) is 17.1. The van der Waals surface area contributed by atoms with E-state index in [4.69, 9.17) is 4.74 Å². The average Bonchev–Trinajstić information content (AvgIpc) is 3.35. The zero-order chi connectivity index (χ0) is 18.8. The molecule has 0 unspecified atom stereocenters. The molecule has 1 atom stereocenters. The van der Waals surface area contributed by atoms with Crippen LogP contribution in [0.15, 0.2) is 54.6 Å². The molecular weight excluding hydrogens is 342 g/mol. The summed E-state index contributed by atoms with van der Waals surface area (Å²) in [5.41, 5.74) is 2.12. The molecule has 2 heterocycles. The third kappa shape index (κ3) is 3.38. The Balaban J connectivity index is 1.50. The second kappa shape index (κ2) is 7.15. The Labute approximate surface area is 157 Å².